The highest BCUT2D eigenvalue weighted by Crippen LogP contribution is 2.21. The van der Waals surface area contributed by atoms with Gasteiger partial charge in [0.05, 0.1) is 12.2 Å². The third kappa shape index (κ3) is 2.23. The molecule has 3 rings (SSSR count). The summed E-state index contributed by atoms with van der Waals surface area (Å²) in [6.45, 7) is 5.93. The minimum absolute atomic E-state index is 0.185. The van der Waals surface area contributed by atoms with Crippen LogP contribution in [0.4, 0.5) is 0 Å². The van der Waals surface area contributed by atoms with Gasteiger partial charge < -0.3 is 9.67 Å². The molecule has 0 saturated heterocycles. The fraction of sp³-hybridized carbons (Fsp3) is 0.267. The van der Waals surface area contributed by atoms with E-state index in [9.17, 15) is 9.59 Å². The highest BCUT2D eigenvalue weighted by molar-refractivity contribution is 7.17. The van der Waals surface area contributed by atoms with Crippen molar-refractivity contribution in [1.29, 1.82) is 0 Å². The molecule has 3 aromatic heterocycles. The number of pyridine rings is 1. The van der Waals surface area contributed by atoms with Crippen molar-refractivity contribution in [2.75, 3.05) is 0 Å². The van der Waals surface area contributed by atoms with Crippen molar-refractivity contribution in [3.63, 3.8) is 0 Å². The molecule has 22 heavy (non-hydrogen) atoms. The zero-order valence-corrected chi connectivity index (χ0v) is 13.3. The van der Waals surface area contributed by atoms with Crippen LogP contribution in [0.25, 0.3) is 4.96 Å². The Morgan fingerprint density at radius 3 is 2.73 bits per heavy atom. The van der Waals surface area contributed by atoms with Gasteiger partial charge in [-0.3, -0.25) is 9.20 Å². The van der Waals surface area contributed by atoms with E-state index < -0.39 is 11.5 Å². The number of thiazole rings is 1. The summed E-state index contributed by atoms with van der Waals surface area (Å²) in [7, 11) is 0. The highest BCUT2D eigenvalue weighted by atomic mass is 32.1. The molecule has 0 radical (unpaired) electrons. The van der Waals surface area contributed by atoms with Crippen molar-refractivity contribution < 1.29 is 9.90 Å². The number of carbonyl (C=O) groups is 1. The predicted molar refractivity (Wildman–Crippen MR) is 84.0 cm³/mol. The molecular formula is C15H15N3O3S. The summed E-state index contributed by atoms with van der Waals surface area (Å²) >= 11 is 1.60. The second-order valence-electron chi connectivity index (χ2n) is 5.24. The van der Waals surface area contributed by atoms with E-state index in [0.717, 1.165) is 16.3 Å². The molecule has 0 bridgehead atoms. The molecule has 1 N–H and O–H groups in total. The van der Waals surface area contributed by atoms with Gasteiger partial charge in [-0.2, -0.15) is 0 Å². The van der Waals surface area contributed by atoms with Crippen LogP contribution < -0.4 is 5.56 Å². The Balaban J connectivity index is 2.03. The number of rotatable bonds is 3. The lowest BCUT2D eigenvalue weighted by Gasteiger charge is -2.06. The van der Waals surface area contributed by atoms with Crippen molar-refractivity contribution in [1.82, 2.24) is 14.0 Å². The second-order valence-corrected chi connectivity index (χ2v) is 6.42. The molecule has 0 aliphatic rings. The maximum absolute atomic E-state index is 12.3. The summed E-state index contributed by atoms with van der Waals surface area (Å²) in [5.74, 6) is -1.20. The molecule has 3 heterocycles. The molecule has 114 valence electrons. The Labute approximate surface area is 130 Å². The Hall–Kier alpha value is -2.41. The number of imidazole rings is 1. The van der Waals surface area contributed by atoms with Gasteiger partial charge in [-0.15, -0.1) is 11.3 Å². The van der Waals surface area contributed by atoms with Gasteiger partial charge in [0.25, 0.3) is 5.56 Å². The van der Waals surface area contributed by atoms with Crippen molar-refractivity contribution in [3.05, 3.63) is 56.2 Å². The summed E-state index contributed by atoms with van der Waals surface area (Å²) in [6.07, 6.45) is 3.50. The number of hydrogen-bond donors (Lipinski definition) is 1. The third-order valence-corrected chi connectivity index (χ3v) is 4.83. The number of hydrogen-bond acceptors (Lipinski definition) is 4. The molecule has 3 aromatic rings. The van der Waals surface area contributed by atoms with Crippen molar-refractivity contribution >= 4 is 22.3 Å². The minimum atomic E-state index is -1.20. The first-order valence-corrected chi connectivity index (χ1v) is 7.57. The Morgan fingerprint density at radius 1 is 1.36 bits per heavy atom. The zero-order valence-electron chi connectivity index (χ0n) is 12.5. The fourth-order valence-electron chi connectivity index (χ4n) is 2.40. The molecule has 0 amide bonds. The number of aryl methyl sites for hydroxylation is 3. The number of carboxylic acid groups (broad SMARTS) is 1. The van der Waals surface area contributed by atoms with E-state index in [1.165, 1.54) is 9.44 Å². The van der Waals surface area contributed by atoms with Gasteiger partial charge in [0.15, 0.2) is 4.96 Å². The minimum Gasteiger partial charge on any atom is -0.477 e. The summed E-state index contributed by atoms with van der Waals surface area (Å²) in [5, 5.41) is 9.15. The fourth-order valence-corrected chi connectivity index (χ4v) is 3.37. The van der Waals surface area contributed by atoms with Crippen LogP contribution in [0.5, 0.6) is 0 Å². The summed E-state index contributed by atoms with van der Waals surface area (Å²) < 4.78 is 3.37. The van der Waals surface area contributed by atoms with Crippen molar-refractivity contribution in [2.45, 2.75) is 27.3 Å². The Kier molecular flexibility index (Phi) is 3.37. The molecule has 0 aromatic carbocycles. The number of carboxylic acids is 1. The maximum atomic E-state index is 12.3. The monoisotopic (exact) mass is 317 g/mol. The smallest absolute Gasteiger partial charge is 0.341 e. The Morgan fingerprint density at radius 2 is 2.09 bits per heavy atom. The van der Waals surface area contributed by atoms with Crippen LogP contribution in [0.15, 0.2) is 23.3 Å². The standard InChI is InChI=1S/C15H15N3O3S/c1-8-4-5-17(13(19)12(8)14(20)21)6-11-7-18-9(2)10(3)22-15(18)16-11/h4-5,7H,6H2,1-3H3,(H,20,21). The molecule has 0 unspecified atom stereocenters. The first-order chi connectivity index (χ1) is 10.4. The zero-order chi connectivity index (χ0) is 16.0. The molecule has 0 atom stereocenters. The van der Waals surface area contributed by atoms with Crippen LogP contribution in [0.2, 0.25) is 0 Å². The van der Waals surface area contributed by atoms with E-state index in [1.54, 1.807) is 30.5 Å². The normalized spacial score (nSPS) is 11.2. The molecular weight excluding hydrogens is 302 g/mol. The van der Waals surface area contributed by atoms with E-state index >= 15 is 0 Å². The number of fused-ring (bicyclic) bond motifs is 1. The van der Waals surface area contributed by atoms with Gasteiger partial charge in [0, 0.05) is 23.0 Å². The van der Waals surface area contributed by atoms with Crippen LogP contribution in [-0.2, 0) is 6.54 Å². The predicted octanol–water partition coefficient (Wildman–Crippen LogP) is 2.23. The lowest BCUT2D eigenvalue weighted by molar-refractivity contribution is 0.0693. The van der Waals surface area contributed by atoms with E-state index in [4.69, 9.17) is 5.11 Å². The molecule has 0 saturated carbocycles. The molecule has 0 aliphatic heterocycles. The van der Waals surface area contributed by atoms with Crippen LogP contribution in [0.1, 0.15) is 32.2 Å². The number of nitrogens with zero attached hydrogens (tertiary/aromatic N) is 3. The van der Waals surface area contributed by atoms with Gasteiger partial charge in [-0.05, 0) is 32.4 Å². The summed E-state index contributed by atoms with van der Waals surface area (Å²) in [4.78, 5) is 30.0. The molecule has 0 spiro atoms. The van der Waals surface area contributed by atoms with Crippen molar-refractivity contribution in [3.8, 4) is 0 Å². The first-order valence-electron chi connectivity index (χ1n) is 6.75. The molecule has 0 aliphatic carbocycles. The average Bonchev–Trinajstić information content (AvgIpc) is 2.93. The van der Waals surface area contributed by atoms with Crippen LogP contribution in [-0.4, -0.2) is 25.0 Å². The van der Waals surface area contributed by atoms with Gasteiger partial charge in [0.2, 0.25) is 0 Å². The van der Waals surface area contributed by atoms with Crippen LogP contribution in [0, 0.1) is 20.8 Å². The summed E-state index contributed by atoms with van der Waals surface area (Å²) in [5.41, 5.74) is 1.64. The van der Waals surface area contributed by atoms with Gasteiger partial charge >= 0.3 is 5.97 Å². The van der Waals surface area contributed by atoms with Crippen LogP contribution >= 0.6 is 11.3 Å². The van der Waals surface area contributed by atoms with E-state index in [-0.39, 0.29) is 12.1 Å². The van der Waals surface area contributed by atoms with Gasteiger partial charge in [0.1, 0.15) is 5.56 Å². The van der Waals surface area contributed by atoms with Crippen LogP contribution in [0.3, 0.4) is 0 Å². The largest absolute Gasteiger partial charge is 0.477 e. The van der Waals surface area contributed by atoms with E-state index in [1.807, 2.05) is 24.4 Å². The average molecular weight is 317 g/mol. The van der Waals surface area contributed by atoms with Crippen molar-refractivity contribution in [2.24, 2.45) is 0 Å². The number of aromatic nitrogens is 3. The first kappa shape index (κ1) is 14.5. The maximum Gasteiger partial charge on any atom is 0.341 e. The van der Waals surface area contributed by atoms with E-state index in [0.29, 0.717) is 5.56 Å². The molecule has 6 nitrogen and oxygen atoms in total. The Bertz CT molecular complexity index is 949. The highest BCUT2D eigenvalue weighted by Gasteiger charge is 2.15. The molecule has 7 heteroatoms. The third-order valence-electron chi connectivity index (χ3n) is 3.76. The SMILES string of the molecule is Cc1ccn(Cc2cn3c(C)c(C)sc3n2)c(=O)c1C(=O)O. The molecule has 0 fully saturated rings. The number of aromatic carboxylic acids is 1. The topological polar surface area (TPSA) is 76.6 Å². The quantitative estimate of drug-likeness (QED) is 0.803. The lowest BCUT2D eigenvalue weighted by Crippen LogP contribution is -2.27. The van der Waals surface area contributed by atoms with Gasteiger partial charge in [-0.1, -0.05) is 0 Å². The summed E-state index contributed by atoms with van der Waals surface area (Å²) in [6, 6.07) is 1.64. The second kappa shape index (κ2) is 5.10. The van der Waals surface area contributed by atoms with Gasteiger partial charge in [-0.25, -0.2) is 9.78 Å². The van der Waals surface area contributed by atoms with E-state index in [2.05, 4.69) is 4.98 Å². The lowest BCUT2D eigenvalue weighted by atomic mass is 10.1.